The van der Waals surface area contributed by atoms with Crippen molar-refractivity contribution in [1.82, 2.24) is 9.97 Å². The summed E-state index contributed by atoms with van der Waals surface area (Å²) in [6.07, 6.45) is 3.55. The summed E-state index contributed by atoms with van der Waals surface area (Å²) in [4.78, 5) is 13.1. The highest BCUT2D eigenvalue weighted by molar-refractivity contribution is 6.30. The van der Waals surface area contributed by atoms with Crippen LogP contribution in [0.3, 0.4) is 0 Å². The average molecular weight is 304 g/mol. The molecule has 3 rings (SSSR count). The van der Waals surface area contributed by atoms with Gasteiger partial charge in [-0.05, 0) is 23.8 Å². The van der Waals surface area contributed by atoms with E-state index in [9.17, 15) is 0 Å². The lowest BCUT2D eigenvalue weighted by Crippen LogP contribution is -2.47. The van der Waals surface area contributed by atoms with Crippen LogP contribution in [0.5, 0.6) is 0 Å². The van der Waals surface area contributed by atoms with Crippen molar-refractivity contribution in [3.05, 3.63) is 47.2 Å². The molecule has 2 aromatic rings. The molecule has 1 aromatic heterocycles. The van der Waals surface area contributed by atoms with Gasteiger partial charge in [-0.2, -0.15) is 0 Å². The summed E-state index contributed by atoms with van der Waals surface area (Å²) in [7, 11) is 0. The summed E-state index contributed by atoms with van der Waals surface area (Å²) in [5.74, 6) is 0.794. The van der Waals surface area contributed by atoms with Crippen molar-refractivity contribution in [1.29, 1.82) is 0 Å². The Labute approximate surface area is 129 Å². The molecule has 0 amide bonds. The van der Waals surface area contributed by atoms with E-state index < -0.39 is 0 Å². The van der Waals surface area contributed by atoms with Gasteiger partial charge in [0.1, 0.15) is 0 Å². The maximum Gasteiger partial charge on any atom is 0.225 e. The predicted molar refractivity (Wildman–Crippen MR) is 85.8 cm³/mol. The Kier molecular flexibility index (Phi) is 4.22. The van der Waals surface area contributed by atoms with E-state index in [-0.39, 0.29) is 0 Å². The molecule has 1 saturated heterocycles. The zero-order chi connectivity index (χ0) is 14.7. The minimum absolute atomic E-state index is 0.522. The van der Waals surface area contributed by atoms with Crippen LogP contribution in [0, 0.1) is 0 Å². The molecule has 0 aliphatic carbocycles. The van der Waals surface area contributed by atoms with E-state index in [0.29, 0.717) is 6.54 Å². The summed E-state index contributed by atoms with van der Waals surface area (Å²) < 4.78 is 0. The molecule has 0 atom stereocenters. The zero-order valence-electron chi connectivity index (χ0n) is 11.7. The smallest absolute Gasteiger partial charge is 0.225 e. The third-order valence-corrected chi connectivity index (χ3v) is 3.96. The highest BCUT2D eigenvalue weighted by Crippen LogP contribution is 2.26. The normalized spacial score (nSPS) is 15.3. The number of hydrogen-bond acceptors (Lipinski definition) is 5. The fourth-order valence-corrected chi connectivity index (χ4v) is 2.77. The molecular formula is C15H18ClN5. The quantitative estimate of drug-likeness (QED) is 0.939. The maximum absolute atomic E-state index is 6.12. The molecule has 1 aliphatic heterocycles. The second-order valence-corrected chi connectivity index (χ2v) is 5.44. The molecular weight excluding hydrogens is 286 g/mol. The summed E-state index contributed by atoms with van der Waals surface area (Å²) in [6, 6.07) is 7.73. The Bertz CT molecular complexity index is 596. The van der Waals surface area contributed by atoms with Crippen molar-refractivity contribution in [3.63, 3.8) is 0 Å². The summed E-state index contributed by atoms with van der Waals surface area (Å²) in [5.41, 5.74) is 8.09. The van der Waals surface area contributed by atoms with Crippen LogP contribution in [0.4, 0.5) is 11.6 Å². The first kappa shape index (κ1) is 14.1. The van der Waals surface area contributed by atoms with Crippen molar-refractivity contribution in [2.75, 3.05) is 36.0 Å². The number of rotatable bonds is 3. The third kappa shape index (κ3) is 3.09. The van der Waals surface area contributed by atoms with E-state index in [1.54, 1.807) is 12.4 Å². The summed E-state index contributed by atoms with van der Waals surface area (Å²) in [6.45, 7) is 4.12. The number of aromatic nitrogens is 2. The number of piperazine rings is 1. The molecule has 1 fully saturated rings. The second-order valence-electron chi connectivity index (χ2n) is 5.00. The number of nitrogens with zero attached hydrogens (tertiary/aromatic N) is 4. The zero-order valence-corrected chi connectivity index (χ0v) is 12.5. The lowest BCUT2D eigenvalue weighted by atomic mass is 10.1. The highest BCUT2D eigenvalue weighted by Gasteiger charge is 2.20. The van der Waals surface area contributed by atoms with E-state index in [1.807, 2.05) is 24.3 Å². The predicted octanol–water partition coefficient (Wildman–Crippen LogP) is 1.92. The summed E-state index contributed by atoms with van der Waals surface area (Å²) in [5, 5.41) is 0.746. The molecule has 110 valence electrons. The molecule has 0 spiro atoms. The Balaban J connectivity index is 1.73. The monoisotopic (exact) mass is 303 g/mol. The van der Waals surface area contributed by atoms with Gasteiger partial charge in [0, 0.05) is 55.8 Å². The van der Waals surface area contributed by atoms with Crippen molar-refractivity contribution in [2.45, 2.75) is 6.54 Å². The number of nitrogens with two attached hydrogens (primary N) is 1. The van der Waals surface area contributed by atoms with Gasteiger partial charge in [0.05, 0.1) is 0 Å². The third-order valence-electron chi connectivity index (χ3n) is 3.72. The van der Waals surface area contributed by atoms with E-state index >= 15 is 0 Å². The molecule has 21 heavy (non-hydrogen) atoms. The van der Waals surface area contributed by atoms with Crippen molar-refractivity contribution in [3.8, 4) is 0 Å². The van der Waals surface area contributed by atoms with Crippen LogP contribution < -0.4 is 15.5 Å². The minimum Gasteiger partial charge on any atom is -0.368 e. The van der Waals surface area contributed by atoms with Crippen LogP contribution in [0.2, 0.25) is 5.02 Å². The first-order valence-electron chi connectivity index (χ1n) is 7.03. The van der Waals surface area contributed by atoms with Crippen LogP contribution in [-0.4, -0.2) is 36.1 Å². The van der Waals surface area contributed by atoms with E-state index in [4.69, 9.17) is 17.3 Å². The largest absolute Gasteiger partial charge is 0.368 e. The van der Waals surface area contributed by atoms with Gasteiger partial charge in [-0.3, -0.25) is 0 Å². The first-order valence-corrected chi connectivity index (χ1v) is 7.41. The topological polar surface area (TPSA) is 58.3 Å². The van der Waals surface area contributed by atoms with Gasteiger partial charge in [-0.25, -0.2) is 9.97 Å². The minimum atomic E-state index is 0.522. The average Bonchev–Trinajstić information content (AvgIpc) is 2.56. The van der Waals surface area contributed by atoms with E-state index in [0.717, 1.165) is 48.4 Å². The molecule has 1 aromatic carbocycles. The van der Waals surface area contributed by atoms with Gasteiger partial charge in [0.2, 0.25) is 5.95 Å². The fourth-order valence-electron chi connectivity index (χ4n) is 2.61. The van der Waals surface area contributed by atoms with Gasteiger partial charge in [-0.15, -0.1) is 0 Å². The molecule has 0 saturated carbocycles. The van der Waals surface area contributed by atoms with Crippen LogP contribution in [0.15, 0.2) is 36.7 Å². The lowest BCUT2D eigenvalue weighted by Gasteiger charge is -2.37. The Hall–Kier alpha value is -1.85. The number of anilines is 2. The second kappa shape index (κ2) is 6.28. The summed E-state index contributed by atoms with van der Waals surface area (Å²) >= 11 is 6.12. The van der Waals surface area contributed by atoms with Gasteiger partial charge >= 0.3 is 0 Å². The van der Waals surface area contributed by atoms with E-state index in [2.05, 4.69) is 19.8 Å². The van der Waals surface area contributed by atoms with Crippen LogP contribution in [0.25, 0.3) is 0 Å². The molecule has 2 heterocycles. The Morgan fingerprint density at radius 3 is 2.38 bits per heavy atom. The lowest BCUT2D eigenvalue weighted by molar-refractivity contribution is 0.638. The number of benzene rings is 1. The van der Waals surface area contributed by atoms with Gasteiger partial charge in [0.25, 0.3) is 0 Å². The fraction of sp³-hybridized carbons (Fsp3) is 0.333. The number of halogens is 1. The van der Waals surface area contributed by atoms with Crippen LogP contribution >= 0.6 is 11.6 Å². The molecule has 0 radical (unpaired) electrons. The van der Waals surface area contributed by atoms with Crippen molar-refractivity contribution >= 4 is 23.2 Å². The SMILES string of the molecule is NCc1ccc(Cl)cc1N1CCN(c2ncccn2)CC1. The first-order chi connectivity index (χ1) is 10.3. The molecule has 5 nitrogen and oxygen atoms in total. The molecule has 0 unspecified atom stereocenters. The van der Waals surface area contributed by atoms with Crippen molar-refractivity contribution < 1.29 is 0 Å². The Morgan fingerprint density at radius 2 is 1.71 bits per heavy atom. The molecule has 0 bridgehead atoms. The van der Waals surface area contributed by atoms with Crippen LogP contribution in [0.1, 0.15) is 5.56 Å². The molecule has 2 N–H and O–H groups in total. The molecule has 1 aliphatic rings. The number of hydrogen-bond donors (Lipinski definition) is 1. The van der Waals surface area contributed by atoms with Gasteiger partial charge in [-0.1, -0.05) is 17.7 Å². The standard InChI is InChI=1S/C15H18ClN5/c16-13-3-2-12(11-17)14(10-13)20-6-8-21(9-7-20)15-18-4-1-5-19-15/h1-5,10H,6-9,11,17H2. The van der Waals surface area contributed by atoms with Gasteiger partial charge < -0.3 is 15.5 Å². The van der Waals surface area contributed by atoms with Crippen molar-refractivity contribution in [2.24, 2.45) is 5.73 Å². The molecule has 6 heteroatoms. The maximum atomic E-state index is 6.12. The highest BCUT2D eigenvalue weighted by atomic mass is 35.5. The Morgan fingerprint density at radius 1 is 1.05 bits per heavy atom. The van der Waals surface area contributed by atoms with Gasteiger partial charge in [0.15, 0.2) is 0 Å². The van der Waals surface area contributed by atoms with Crippen LogP contribution in [-0.2, 0) is 6.54 Å². The van der Waals surface area contributed by atoms with E-state index in [1.165, 1.54) is 0 Å².